The molecule has 2 aromatic carbocycles. The van der Waals surface area contributed by atoms with Gasteiger partial charge >= 0.3 is 5.97 Å². The molecule has 6 nitrogen and oxygen atoms in total. The highest BCUT2D eigenvalue weighted by atomic mass is 35.5. The molecule has 35 heavy (non-hydrogen) atoms. The second-order valence-corrected chi connectivity index (χ2v) is 9.62. The first-order valence-electron chi connectivity index (χ1n) is 12.1. The quantitative estimate of drug-likeness (QED) is 0.516. The molecule has 0 radical (unpaired) electrons. The summed E-state index contributed by atoms with van der Waals surface area (Å²) in [6.45, 7) is 3.12. The number of carboxylic acids is 1. The first kappa shape index (κ1) is 25.0. The summed E-state index contributed by atoms with van der Waals surface area (Å²) in [5.74, 6) is -1.10. The van der Waals surface area contributed by atoms with E-state index in [2.05, 4.69) is 11.1 Å². The Labute approximate surface area is 210 Å². The maximum Gasteiger partial charge on any atom is 0.303 e. The third-order valence-electron chi connectivity index (χ3n) is 6.92. The molecule has 0 aromatic heterocycles. The Morgan fingerprint density at radius 2 is 1.86 bits per heavy atom. The van der Waals surface area contributed by atoms with E-state index < -0.39 is 11.9 Å². The van der Waals surface area contributed by atoms with Crippen molar-refractivity contribution in [3.63, 3.8) is 0 Å². The van der Waals surface area contributed by atoms with Gasteiger partial charge in [-0.15, -0.1) is 0 Å². The number of carboxylic acid groups (broad SMARTS) is 1. The van der Waals surface area contributed by atoms with Crippen LogP contribution in [0.15, 0.2) is 47.0 Å². The number of halogens is 1. The van der Waals surface area contributed by atoms with Gasteiger partial charge in [0.25, 0.3) is 0 Å². The molecule has 0 bridgehead atoms. The molecule has 2 aliphatic rings. The number of primary amides is 1. The van der Waals surface area contributed by atoms with Crippen molar-refractivity contribution in [1.29, 1.82) is 0 Å². The molecule has 2 aromatic rings. The number of nitrogens with zero attached hydrogens (tertiary/aromatic N) is 1. The molecular weight excluding hydrogens is 464 g/mol. The first-order valence-corrected chi connectivity index (χ1v) is 12.5. The molecule has 184 valence electrons. The summed E-state index contributed by atoms with van der Waals surface area (Å²) in [4.78, 5) is 28.3. The predicted octanol–water partition coefficient (Wildman–Crippen LogP) is 4.92. The topological polar surface area (TPSA) is 102 Å². The van der Waals surface area contributed by atoms with Gasteiger partial charge < -0.3 is 15.6 Å². The molecule has 3 N–H and O–H groups in total. The van der Waals surface area contributed by atoms with E-state index in [0.29, 0.717) is 36.9 Å². The van der Waals surface area contributed by atoms with Gasteiger partial charge in [0.1, 0.15) is 6.61 Å². The fraction of sp³-hybridized carbons (Fsp3) is 0.393. The molecule has 4 rings (SSSR count). The lowest BCUT2D eigenvalue weighted by molar-refractivity contribution is -0.137. The summed E-state index contributed by atoms with van der Waals surface area (Å²) in [6.07, 6.45) is 4.45. The molecule has 7 heteroatoms. The van der Waals surface area contributed by atoms with E-state index in [4.69, 9.17) is 22.1 Å². The van der Waals surface area contributed by atoms with Crippen molar-refractivity contribution in [2.45, 2.75) is 51.9 Å². The third-order valence-corrected chi connectivity index (χ3v) is 7.17. The van der Waals surface area contributed by atoms with Gasteiger partial charge in [-0.2, -0.15) is 0 Å². The minimum absolute atomic E-state index is 0.0655. The number of carbonyl (C=O) groups excluding carboxylic acids is 1. The number of ether oxygens (including phenoxy) is 1. The van der Waals surface area contributed by atoms with Crippen LogP contribution < -0.4 is 5.73 Å². The predicted molar refractivity (Wildman–Crippen MR) is 138 cm³/mol. The number of hydrogen-bond acceptors (Lipinski definition) is 4. The van der Waals surface area contributed by atoms with Gasteiger partial charge in [0.05, 0.1) is 12.5 Å². The van der Waals surface area contributed by atoms with Crippen LogP contribution in [0, 0.1) is 12.8 Å². The molecule has 1 aliphatic carbocycles. The van der Waals surface area contributed by atoms with Crippen LogP contribution in [0.1, 0.15) is 53.5 Å². The molecule has 1 heterocycles. The number of aliphatic imine (C=N–C) groups is 1. The number of rotatable bonds is 9. The van der Waals surface area contributed by atoms with Crippen LogP contribution in [0.3, 0.4) is 0 Å². The van der Waals surface area contributed by atoms with Crippen molar-refractivity contribution in [2.24, 2.45) is 16.6 Å². The maximum atomic E-state index is 12.5. The maximum absolute atomic E-state index is 12.5. The van der Waals surface area contributed by atoms with E-state index in [1.165, 1.54) is 5.56 Å². The fourth-order valence-electron chi connectivity index (χ4n) is 5.17. The van der Waals surface area contributed by atoms with Crippen LogP contribution >= 0.6 is 11.6 Å². The van der Waals surface area contributed by atoms with E-state index in [0.717, 1.165) is 59.1 Å². The number of carbonyl (C=O) groups is 2. The normalized spacial score (nSPS) is 17.8. The Bertz CT molecular complexity index is 1180. The van der Waals surface area contributed by atoms with E-state index >= 15 is 0 Å². The van der Waals surface area contributed by atoms with Crippen molar-refractivity contribution in [2.75, 3.05) is 13.2 Å². The van der Waals surface area contributed by atoms with Gasteiger partial charge in [-0.05, 0) is 91.0 Å². The van der Waals surface area contributed by atoms with Crippen molar-refractivity contribution in [3.8, 4) is 0 Å². The highest BCUT2D eigenvalue weighted by molar-refractivity contribution is 6.30. The lowest BCUT2D eigenvalue weighted by Gasteiger charge is -2.29. The standard InChI is InChI=1S/C28H31ClN2O4/c1-17-19(11-14-24(32)33)9-10-20(8-5-18-6-12-21(29)13-7-18)25(17)22-3-2-4-23(27(30)34)26(22)28-31-15-16-35-28/h6-7,9-10,12-13,23H,2-5,8,11,14-16H2,1H3,(H2,30,34)(H,32,33). The number of nitrogens with two attached hydrogens (primary N) is 1. The molecule has 1 aliphatic heterocycles. The molecule has 1 unspecified atom stereocenters. The van der Waals surface area contributed by atoms with Gasteiger partial charge in [-0.1, -0.05) is 35.9 Å². The molecular formula is C28H31ClN2O4. The van der Waals surface area contributed by atoms with Gasteiger partial charge in [-0.25, -0.2) is 4.99 Å². The van der Waals surface area contributed by atoms with E-state index in [-0.39, 0.29) is 12.3 Å². The minimum Gasteiger partial charge on any atom is -0.481 e. The van der Waals surface area contributed by atoms with Crippen molar-refractivity contribution < 1.29 is 19.4 Å². The lowest BCUT2D eigenvalue weighted by atomic mass is 9.76. The summed E-state index contributed by atoms with van der Waals surface area (Å²) >= 11 is 6.05. The largest absolute Gasteiger partial charge is 0.481 e. The lowest BCUT2D eigenvalue weighted by Crippen LogP contribution is -2.31. The monoisotopic (exact) mass is 494 g/mol. The van der Waals surface area contributed by atoms with Crippen LogP contribution in [0.25, 0.3) is 5.57 Å². The Kier molecular flexibility index (Phi) is 7.91. The molecule has 0 saturated carbocycles. The SMILES string of the molecule is Cc1c(CCC(=O)O)ccc(CCc2ccc(Cl)cc2)c1C1=C(C2=NCCO2)C(C(N)=O)CCC1. The van der Waals surface area contributed by atoms with Crippen LogP contribution in [0.5, 0.6) is 0 Å². The van der Waals surface area contributed by atoms with Gasteiger partial charge in [0.15, 0.2) is 0 Å². The zero-order valence-corrected chi connectivity index (χ0v) is 20.7. The van der Waals surface area contributed by atoms with E-state index in [1.807, 2.05) is 37.3 Å². The zero-order chi connectivity index (χ0) is 24.9. The van der Waals surface area contributed by atoms with Crippen LogP contribution in [0.4, 0.5) is 0 Å². The summed E-state index contributed by atoms with van der Waals surface area (Å²) in [5.41, 5.74) is 13.2. The van der Waals surface area contributed by atoms with Gasteiger partial charge in [-0.3, -0.25) is 9.59 Å². The second kappa shape index (κ2) is 11.1. The molecule has 1 atom stereocenters. The average molecular weight is 495 g/mol. The first-order chi connectivity index (χ1) is 16.8. The average Bonchev–Trinajstić information content (AvgIpc) is 3.37. The Balaban J connectivity index is 1.83. The van der Waals surface area contributed by atoms with Crippen molar-refractivity contribution >= 4 is 34.9 Å². The molecule has 0 fully saturated rings. The Hall–Kier alpha value is -3.12. The number of aliphatic carboxylic acids is 1. The fourth-order valence-corrected chi connectivity index (χ4v) is 5.30. The van der Waals surface area contributed by atoms with Crippen LogP contribution in [-0.4, -0.2) is 36.0 Å². The minimum atomic E-state index is -0.821. The number of benzene rings is 2. The highest BCUT2D eigenvalue weighted by Crippen LogP contribution is 2.41. The summed E-state index contributed by atoms with van der Waals surface area (Å²) in [7, 11) is 0. The molecule has 1 amide bonds. The van der Waals surface area contributed by atoms with Crippen molar-refractivity contribution in [1.82, 2.24) is 0 Å². The summed E-state index contributed by atoms with van der Waals surface area (Å²) in [5, 5.41) is 9.96. The van der Waals surface area contributed by atoms with Crippen LogP contribution in [-0.2, 0) is 33.6 Å². The summed E-state index contributed by atoms with van der Waals surface area (Å²) in [6, 6.07) is 12.0. The molecule has 0 spiro atoms. The Morgan fingerprint density at radius 3 is 2.51 bits per heavy atom. The van der Waals surface area contributed by atoms with E-state index in [9.17, 15) is 14.7 Å². The second-order valence-electron chi connectivity index (χ2n) is 9.18. The molecule has 0 saturated heterocycles. The zero-order valence-electron chi connectivity index (χ0n) is 20.0. The van der Waals surface area contributed by atoms with Crippen molar-refractivity contribution in [3.05, 3.63) is 74.8 Å². The number of aryl methyl sites for hydroxylation is 3. The highest BCUT2D eigenvalue weighted by Gasteiger charge is 2.34. The third kappa shape index (κ3) is 5.76. The Morgan fingerprint density at radius 1 is 1.11 bits per heavy atom. The smallest absolute Gasteiger partial charge is 0.303 e. The van der Waals surface area contributed by atoms with Gasteiger partial charge in [0.2, 0.25) is 11.8 Å². The van der Waals surface area contributed by atoms with Gasteiger partial charge in [0, 0.05) is 17.0 Å². The number of amides is 1. The number of hydrogen-bond donors (Lipinski definition) is 2. The number of allylic oxidation sites excluding steroid dienone is 1. The van der Waals surface area contributed by atoms with E-state index in [1.54, 1.807) is 0 Å². The summed E-state index contributed by atoms with van der Waals surface area (Å²) < 4.78 is 5.85. The van der Waals surface area contributed by atoms with Crippen LogP contribution in [0.2, 0.25) is 5.02 Å².